The monoisotopic (exact) mass is 319 g/mol. The normalized spacial score (nSPS) is 19.3. The molecule has 0 radical (unpaired) electrons. The van der Waals surface area contributed by atoms with Gasteiger partial charge in [0.1, 0.15) is 11.7 Å². The number of hydrogen-bond donors (Lipinski definition) is 0. The molecule has 0 saturated carbocycles. The van der Waals surface area contributed by atoms with E-state index in [-0.39, 0.29) is 12.1 Å². The Kier molecular flexibility index (Phi) is 2.77. The molecule has 0 saturated heterocycles. The maximum absolute atomic E-state index is 12.0. The van der Waals surface area contributed by atoms with Crippen LogP contribution in [0.3, 0.4) is 0 Å². The fraction of sp³-hybridized carbons (Fsp3) is 0.250. The van der Waals surface area contributed by atoms with Gasteiger partial charge in [-0.1, -0.05) is 6.07 Å². The van der Waals surface area contributed by atoms with Crippen LogP contribution in [0.4, 0.5) is 5.69 Å². The molecule has 1 unspecified atom stereocenters. The van der Waals surface area contributed by atoms with E-state index in [0.717, 1.165) is 47.3 Å². The molecule has 3 aromatic rings. The minimum absolute atomic E-state index is 0.128. The van der Waals surface area contributed by atoms with Gasteiger partial charge in [-0.25, -0.2) is 4.79 Å². The number of benzene rings is 2. The van der Waals surface area contributed by atoms with Crippen molar-refractivity contribution in [1.29, 1.82) is 0 Å². The zero-order chi connectivity index (χ0) is 16.3. The lowest BCUT2D eigenvalue weighted by Crippen LogP contribution is -2.30. The molecular formula is C20H17NO3. The van der Waals surface area contributed by atoms with E-state index in [4.69, 9.17) is 9.15 Å². The van der Waals surface area contributed by atoms with Gasteiger partial charge < -0.3 is 14.1 Å². The van der Waals surface area contributed by atoms with E-state index in [9.17, 15) is 4.79 Å². The molecule has 0 spiro atoms. The van der Waals surface area contributed by atoms with Crippen molar-refractivity contribution in [3.05, 3.63) is 64.9 Å². The molecule has 3 heterocycles. The number of cyclic esters (lactones) is 1. The van der Waals surface area contributed by atoms with Gasteiger partial charge in [0.15, 0.2) is 0 Å². The SMILES string of the molecule is CC1OC(=O)c2cc3c(cc21)CCN(c1ccc2ccoc2c1)C3. The van der Waals surface area contributed by atoms with Crippen molar-refractivity contribution in [1.82, 2.24) is 0 Å². The van der Waals surface area contributed by atoms with Crippen molar-refractivity contribution in [3.63, 3.8) is 0 Å². The summed E-state index contributed by atoms with van der Waals surface area (Å²) in [5.74, 6) is -0.200. The topological polar surface area (TPSA) is 42.7 Å². The van der Waals surface area contributed by atoms with Crippen molar-refractivity contribution in [3.8, 4) is 0 Å². The number of nitrogens with zero attached hydrogens (tertiary/aromatic N) is 1. The Morgan fingerprint density at radius 3 is 2.96 bits per heavy atom. The number of esters is 1. The Morgan fingerprint density at radius 2 is 2.04 bits per heavy atom. The predicted octanol–water partition coefficient (Wildman–Crippen LogP) is 4.23. The standard InChI is InChI=1S/C20H17NO3/c1-12-17-8-14-4-6-21(11-15(14)9-18(17)20(22)24-12)16-3-2-13-5-7-23-19(13)10-16/h2-3,5,7-10,12H,4,6,11H2,1H3. The Morgan fingerprint density at radius 1 is 1.12 bits per heavy atom. The van der Waals surface area contributed by atoms with Crippen LogP contribution in [0.2, 0.25) is 0 Å². The first-order valence-corrected chi connectivity index (χ1v) is 8.28. The number of fused-ring (bicyclic) bond motifs is 3. The van der Waals surface area contributed by atoms with Crippen LogP contribution in [-0.2, 0) is 17.7 Å². The first-order chi connectivity index (χ1) is 11.7. The molecule has 0 bridgehead atoms. The smallest absolute Gasteiger partial charge is 0.339 e. The van der Waals surface area contributed by atoms with Gasteiger partial charge in [-0.15, -0.1) is 0 Å². The summed E-state index contributed by atoms with van der Waals surface area (Å²) in [5, 5.41) is 1.12. The van der Waals surface area contributed by atoms with Gasteiger partial charge in [0.2, 0.25) is 0 Å². The molecule has 120 valence electrons. The molecule has 1 atom stereocenters. The van der Waals surface area contributed by atoms with Crippen LogP contribution >= 0.6 is 0 Å². The first-order valence-electron chi connectivity index (χ1n) is 8.28. The van der Waals surface area contributed by atoms with Crippen LogP contribution in [0, 0.1) is 0 Å². The van der Waals surface area contributed by atoms with Crippen LogP contribution < -0.4 is 4.90 Å². The summed E-state index contributed by atoms with van der Waals surface area (Å²) in [6, 6.07) is 12.5. The minimum Gasteiger partial charge on any atom is -0.464 e. The average Bonchev–Trinajstić information content (AvgIpc) is 3.17. The average molecular weight is 319 g/mol. The number of carbonyl (C=O) groups is 1. The van der Waals surface area contributed by atoms with Gasteiger partial charge in [0.05, 0.1) is 11.8 Å². The maximum atomic E-state index is 12.0. The van der Waals surface area contributed by atoms with Crippen LogP contribution in [0.1, 0.15) is 40.1 Å². The summed E-state index contributed by atoms with van der Waals surface area (Å²) in [7, 11) is 0. The van der Waals surface area contributed by atoms with Crippen LogP contribution in [-0.4, -0.2) is 12.5 Å². The van der Waals surface area contributed by atoms with Crippen molar-refractivity contribution in [2.45, 2.75) is 26.0 Å². The van der Waals surface area contributed by atoms with E-state index in [0.29, 0.717) is 0 Å². The molecular weight excluding hydrogens is 302 g/mol. The zero-order valence-electron chi connectivity index (χ0n) is 13.4. The molecule has 2 aromatic carbocycles. The Hall–Kier alpha value is -2.75. The number of rotatable bonds is 1. The Bertz CT molecular complexity index is 972. The highest BCUT2D eigenvalue weighted by Gasteiger charge is 2.30. The molecule has 1 aromatic heterocycles. The second-order valence-electron chi connectivity index (χ2n) is 6.57. The first kappa shape index (κ1) is 13.7. The van der Waals surface area contributed by atoms with Gasteiger partial charge in [0, 0.05) is 35.8 Å². The molecule has 0 fully saturated rings. The molecule has 4 nitrogen and oxygen atoms in total. The number of hydrogen-bond acceptors (Lipinski definition) is 4. The quantitative estimate of drug-likeness (QED) is 0.630. The van der Waals surface area contributed by atoms with E-state index in [2.05, 4.69) is 29.2 Å². The van der Waals surface area contributed by atoms with Crippen LogP contribution in [0.5, 0.6) is 0 Å². The summed E-state index contributed by atoms with van der Waals surface area (Å²) < 4.78 is 10.9. The lowest BCUT2D eigenvalue weighted by Gasteiger charge is -2.31. The molecule has 0 N–H and O–H groups in total. The highest BCUT2D eigenvalue weighted by atomic mass is 16.5. The van der Waals surface area contributed by atoms with Crippen LogP contribution in [0.25, 0.3) is 11.0 Å². The molecule has 4 heteroatoms. The summed E-state index contributed by atoms with van der Waals surface area (Å²) in [6.45, 7) is 3.70. The van der Waals surface area contributed by atoms with E-state index in [1.54, 1.807) is 6.26 Å². The zero-order valence-corrected chi connectivity index (χ0v) is 13.4. The van der Waals surface area contributed by atoms with Gasteiger partial charge in [0.25, 0.3) is 0 Å². The van der Waals surface area contributed by atoms with E-state index >= 15 is 0 Å². The van der Waals surface area contributed by atoms with Crippen molar-refractivity contribution in [2.75, 3.05) is 11.4 Å². The number of carbonyl (C=O) groups excluding carboxylic acids is 1. The second kappa shape index (κ2) is 4.87. The number of ether oxygens (including phenoxy) is 1. The molecule has 24 heavy (non-hydrogen) atoms. The van der Waals surface area contributed by atoms with Crippen molar-refractivity contribution < 1.29 is 13.9 Å². The fourth-order valence-corrected chi connectivity index (χ4v) is 3.79. The molecule has 0 amide bonds. The van der Waals surface area contributed by atoms with Gasteiger partial charge >= 0.3 is 5.97 Å². The molecule has 2 aliphatic rings. The van der Waals surface area contributed by atoms with Gasteiger partial charge in [-0.05, 0) is 48.7 Å². The molecule has 0 aliphatic carbocycles. The summed E-state index contributed by atoms with van der Waals surface area (Å²) >= 11 is 0. The van der Waals surface area contributed by atoms with E-state index in [1.807, 2.05) is 19.1 Å². The third kappa shape index (κ3) is 1.96. The van der Waals surface area contributed by atoms with Gasteiger partial charge in [-0.2, -0.15) is 0 Å². The summed E-state index contributed by atoms with van der Waals surface area (Å²) in [4.78, 5) is 14.3. The highest BCUT2D eigenvalue weighted by molar-refractivity contribution is 5.94. The fourth-order valence-electron chi connectivity index (χ4n) is 3.79. The number of anilines is 1. The Labute approximate surface area is 139 Å². The lowest BCUT2D eigenvalue weighted by atomic mass is 9.92. The number of furan rings is 1. The summed E-state index contributed by atoms with van der Waals surface area (Å²) in [5.41, 5.74) is 6.36. The van der Waals surface area contributed by atoms with Crippen molar-refractivity contribution in [2.24, 2.45) is 0 Å². The maximum Gasteiger partial charge on any atom is 0.339 e. The van der Waals surface area contributed by atoms with Crippen molar-refractivity contribution >= 4 is 22.6 Å². The predicted molar refractivity (Wildman–Crippen MR) is 91.2 cm³/mol. The third-order valence-electron chi connectivity index (χ3n) is 5.13. The third-order valence-corrected chi connectivity index (χ3v) is 5.13. The molecule has 2 aliphatic heterocycles. The lowest BCUT2D eigenvalue weighted by molar-refractivity contribution is 0.0422. The highest BCUT2D eigenvalue weighted by Crippen LogP contribution is 2.35. The van der Waals surface area contributed by atoms with E-state index in [1.165, 1.54) is 11.1 Å². The minimum atomic E-state index is -0.200. The van der Waals surface area contributed by atoms with Gasteiger partial charge in [-0.3, -0.25) is 0 Å². The van der Waals surface area contributed by atoms with E-state index < -0.39 is 0 Å². The molecule has 5 rings (SSSR count). The summed E-state index contributed by atoms with van der Waals surface area (Å²) in [6.07, 6.45) is 2.56. The Balaban J connectivity index is 1.51. The van der Waals surface area contributed by atoms with Crippen LogP contribution in [0.15, 0.2) is 47.1 Å². The second-order valence-corrected chi connectivity index (χ2v) is 6.57. The largest absolute Gasteiger partial charge is 0.464 e.